The van der Waals surface area contributed by atoms with E-state index in [9.17, 15) is 39.4 Å². The van der Waals surface area contributed by atoms with E-state index < -0.39 is 35.4 Å². The fraction of sp³-hybridized carbons (Fsp3) is 0.286. The highest BCUT2D eigenvalue weighted by Gasteiger charge is 2.24. The summed E-state index contributed by atoms with van der Waals surface area (Å²) in [5.74, 6) is -1.81. The minimum Gasteiger partial charge on any atom is -0.318 e. The Bertz CT molecular complexity index is 761. The van der Waals surface area contributed by atoms with E-state index in [1.54, 1.807) is 0 Å². The SMILES string of the molecule is CN(CO[N+](=O)[O-])C(=O)c1cc(C(=O)N(C)CO[N+](=O)[O-])c(C=O)cc1C=O. The third kappa shape index (κ3) is 5.45. The van der Waals surface area contributed by atoms with Gasteiger partial charge in [-0.15, -0.1) is 20.2 Å². The highest BCUT2D eigenvalue weighted by molar-refractivity contribution is 6.08. The summed E-state index contributed by atoms with van der Waals surface area (Å²) in [6, 6.07) is 1.91. The molecular formula is C14H14N4O10. The molecule has 14 nitrogen and oxygen atoms in total. The predicted octanol–water partition coefficient (Wildman–Crippen LogP) is -0.213. The number of carbonyl (C=O) groups is 4. The van der Waals surface area contributed by atoms with Crippen LogP contribution in [0.2, 0.25) is 0 Å². The lowest BCUT2D eigenvalue weighted by atomic mass is 9.98. The van der Waals surface area contributed by atoms with Gasteiger partial charge in [0.05, 0.1) is 11.1 Å². The fourth-order valence-corrected chi connectivity index (χ4v) is 2.00. The van der Waals surface area contributed by atoms with Crippen molar-refractivity contribution in [2.45, 2.75) is 0 Å². The number of hydrogen-bond acceptors (Lipinski definition) is 10. The van der Waals surface area contributed by atoms with Crippen molar-refractivity contribution in [1.29, 1.82) is 0 Å². The Morgan fingerprint density at radius 2 is 1.25 bits per heavy atom. The average Bonchev–Trinajstić information content (AvgIpc) is 2.67. The predicted molar refractivity (Wildman–Crippen MR) is 87.3 cm³/mol. The molecule has 0 bridgehead atoms. The van der Waals surface area contributed by atoms with Crippen LogP contribution in [0.25, 0.3) is 0 Å². The summed E-state index contributed by atoms with van der Waals surface area (Å²) in [6.07, 6.45) is 0.520. The van der Waals surface area contributed by atoms with Gasteiger partial charge in [0, 0.05) is 25.2 Å². The molecule has 0 heterocycles. The largest absolute Gasteiger partial charge is 0.318 e. The van der Waals surface area contributed by atoms with Crippen molar-refractivity contribution in [2.75, 3.05) is 27.6 Å². The van der Waals surface area contributed by atoms with Crippen molar-refractivity contribution < 1.29 is 39.0 Å². The molecule has 0 saturated carbocycles. The molecule has 28 heavy (non-hydrogen) atoms. The molecule has 0 fully saturated rings. The Labute approximate surface area is 156 Å². The second-order valence-corrected chi connectivity index (χ2v) is 5.23. The molecule has 0 unspecified atom stereocenters. The molecule has 0 aromatic heterocycles. The van der Waals surface area contributed by atoms with E-state index in [2.05, 4.69) is 9.68 Å². The molecular weight excluding hydrogens is 384 g/mol. The molecule has 1 aromatic rings. The number of hydrogen-bond donors (Lipinski definition) is 0. The molecule has 0 saturated heterocycles. The van der Waals surface area contributed by atoms with Crippen molar-refractivity contribution in [3.05, 3.63) is 54.6 Å². The van der Waals surface area contributed by atoms with Crippen LogP contribution in [0.5, 0.6) is 0 Å². The Hall–Kier alpha value is -4.10. The number of aldehydes is 2. The third-order valence-corrected chi connectivity index (χ3v) is 3.34. The highest BCUT2D eigenvalue weighted by atomic mass is 17.0. The molecule has 0 aliphatic carbocycles. The van der Waals surface area contributed by atoms with Crippen LogP contribution in [-0.4, -0.2) is 71.9 Å². The Kier molecular flexibility index (Phi) is 7.49. The molecule has 0 N–H and O–H groups in total. The van der Waals surface area contributed by atoms with Crippen LogP contribution in [0.4, 0.5) is 0 Å². The first kappa shape index (κ1) is 21.9. The van der Waals surface area contributed by atoms with Crippen LogP contribution >= 0.6 is 0 Å². The lowest BCUT2D eigenvalue weighted by Gasteiger charge is -2.20. The van der Waals surface area contributed by atoms with Crippen molar-refractivity contribution in [2.24, 2.45) is 0 Å². The van der Waals surface area contributed by atoms with Gasteiger partial charge < -0.3 is 9.80 Å². The van der Waals surface area contributed by atoms with Gasteiger partial charge >= 0.3 is 0 Å². The van der Waals surface area contributed by atoms with E-state index in [0.29, 0.717) is 0 Å². The van der Waals surface area contributed by atoms with Gasteiger partial charge in [0.15, 0.2) is 26.0 Å². The second-order valence-electron chi connectivity index (χ2n) is 5.23. The first-order valence-corrected chi connectivity index (χ1v) is 7.26. The summed E-state index contributed by atoms with van der Waals surface area (Å²) < 4.78 is 0. The van der Waals surface area contributed by atoms with Crippen molar-refractivity contribution in [1.82, 2.24) is 9.80 Å². The zero-order valence-electron chi connectivity index (χ0n) is 14.6. The summed E-state index contributed by atoms with van der Waals surface area (Å²) in [4.78, 5) is 77.5. The number of rotatable bonds is 10. The summed E-state index contributed by atoms with van der Waals surface area (Å²) in [6.45, 7) is -1.50. The first-order chi connectivity index (χ1) is 13.1. The summed E-state index contributed by atoms with van der Waals surface area (Å²) in [7, 11) is 2.29. The average molecular weight is 398 g/mol. The lowest BCUT2D eigenvalue weighted by molar-refractivity contribution is -0.761. The first-order valence-electron chi connectivity index (χ1n) is 7.26. The number of carbonyl (C=O) groups excluding carboxylic acids is 4. The highest BCUT2D eigenvalue weighted by Crippen LogP contribution is 2.18. The van der Waals surface area contributed by atoms with Crippen molar-refractivity contribution >= 4 is 24.4 Å². The Morgan fingerprint density at radius 3 is 1.54 bits per heavy atom. The third-order valence-electron chi connectivity index (χ3n) is 3.34. The van der Waals surface area contributed by atoms with Gasteiger partial charge in [-0.05, 0) is 12.1 Å². The second kappa shape index (κ2) is 9.56. The van der Waals surface area contributed by atoms with Crippen LogP contribution in [0.15, 0.2) is 12.1 Å². The van der Waals surface area contributed by atoms with Crippen molar-refractivity contribution in [3.63, 3.8) is 0 Å². The van der Waals surface area contributed by atoms with E-state index in [-0.39, 0.29) is 34.8 Å². The fourth-order valence-electron chi connectivity index (χ4n) is 2.00. The summed E-state index contributed by atoms with van der Waals surface area (Å²) in [5, 5.41) is 18.2. The maximum Gasteiger partial charge on any atom is 0.296 e. The maximum absolute atomic E-state index is 12.4. The van der Waals surface area contributed by atoms with E-state index in [1.807, 2.05) is 0 Å². The van der Waals surface area contributed by atoms with Crippen LogP contribution in [0, 0.1) is 20.2 Å². The van der Waals surface area contributed by atoms with Gasteiger partial charge in [0.25, 0.3) is 22.0 Å². The molecule has 0 radical (unpaired) electrons. The molecule has 1 rings (SSSR count). The van der Waals surface area contributed by atoms with Crippen molar-refractivity contribution in [3.8, 4) is 0 Å². The molecule has 14 heteroatoms. The number of benzene rings is 1. The lowest BCUT2D eigenvalue weighted by Crippen LogP contribution is -2.33. The van der Waals surface area contributed by atoms with Gasteiger partial charge in [-0.1, -0.05) is 0 Å². The molecule has 0 aliphatic rings. The van der Waals surface area contributed by atoms with Crippen LogP contribution < -0.4 is 0 Å². The summed E-state index contributed by atoms with van der Waals surface area (Å²) in [5.41, 5.74) is -1.16. The molecule has 150 valence electrons. The molecule has 0 spiro atoms. The minimum absolute atomic E-state index is 0.249. The van der Waals surface area contributed by atoms with Crippen LogP contribution in [-0.2, 0) is 9.68 Å². The normalized spacial score (nSPS) is 9.79. The van der Waals surface area contributed by atoms with E-state index in [0.717, 1.165) is 36.0 Å². The van der Waals surface area contributed by atoms with E-state index >= 15 is 0 Å². The van der Waals surface area contributed by atoms with Gasteiger partial charge in [-0.25, -0.2) is 0 Å². The van der Waals surface area contributed by atoms with Crippen LogP contribution in [0.1, 0.15) is 41.4 Å². The van der Waals surface area contributed by atoms with E-state index in [4.69, 9.17) is 0 Å². The van der Waals surface area contributed by atoms with Crippen LogP contribution in [0.3, 0.4) is 0 Å². The number of amides is 2. The minimum atomic E-state index is -1.13. The molecule has 0 atom stereocenters. The molecule has 1 aromatic carbocycles. The van der Waals surface area contributed by atoms with Gasteiger partial charge in [0.1, 0.15) is 0 Å². The topological polar surface area (TPSA) is 180 Å². The Morgan fingerprint density at radius 1 is 0.893 bits per heavy atom. The zero-order valence-corrected chi connectivity index (χ0v) is 14.6. The molecule has 2 amide bonds. The quantitative estimate of drug-likeness (QED) is 0.221. The Balaban J connectivity index is 3.29. The standard InChI is InChI=1S/C14H14N4O10/c1-15(7-27-17(23)24)13(21)11-4-12(10(6-20)3-9(11)5-19)14(22)16(2)8-28-18(25)26/h3-6H,7-8H2,1-2H3. The van der Waals surface area contributed by atoms with E-state index in [1.165, 1.54) is 0 Å². The number of nitrogens with zero attached hydrogens (tertiary/aromatic N) is 4. The summed E-state index contributed by atoms with van der Waals surface area (Å²) >= 11 is 0. The molecule has 0 aliphatic heterocycles. The van der Waals surface area contributed by atoms with Gasteiger partial charge in [-0.3, -0.25) is 28.9 Å². The maximum atomic E-state index is 12.4. The van der Waals surface area contributed by atoms with Gasteiger partial charge in [-0.2, -0.15) is 0 Å². The van der Waals surface area contributed by atoms with Gasteiger partial charge in [0.2, 0.25) is 0 Å². The smallest absolute Gasteiger partial charge is 0.296 e. The zero-order chi connectivity index (χ0) is 21.4. The monoisotopic (exact) mass is 398 g/mol.